The first-order chi connectivity index (χ1) is 17.4. The fourth-order valence-electron chi connectivity index (χ4n) is 4.76. The van der Waals surface area contributed by atoms with Crippen molar-refractivity contribution >= 4 is 21.7 Å². The largest absolute Gasteiger partial charge is 0.748 e. The van der Waals surface area contributed by atoms with Gasteiger partial charge in [0.1, 0.15) is 0 Å². The van der Waals surface area contributed by atoms with Gasteiger partial charge in [-0.1, -0.05) is 84.4 Å². The van der Waals surface area contributed by atoms with Gasteiger partial charge in [-0.15, -0.1) is 12.1 Å². The van der Waals surface area contributed by atoms with Crippen molar-refractivity contribution in [1.82, 2.24) is 4.57 Å². The summed E-state index contributed by atoms with van der Waals surface area (Å²) in [7, 11) is 0. The molecule has 0 atom stereocenters. The number of nitrogens with zero attached hydrogens (tertiary/aromatic N) is 1. The van der Waals surface area contributed by atoms with Gasteiger partial charge in [-0.2, -0.15) is 12.1 Å². The monoisotopic (exact) mass is 503 g/mol. The average molecular weight is 503 g/mol. The molecule has 180 valence electrons. The summed E-state index contributed by atoms with van der Waals surface area (Å²) in [5.41, 5.74) is 7.36. The van der Waals surface area contributed by atoms with Crippen LogP contribution in [-0.2, 0) is 17.1 Å². The molecule has 0 saturated carbocycles. The molecule has 0 radical (unpaired) electrons. The topological polar surface area (TPSA) is 4.93 Å². The summed E-state index contributed by atoms with van der Waals surface area (Å²) in [5, 5.41) is 3.76. The molecule has 7 aromatic rings. The minimum Gasteiger partial charge on any atom is -0.748 e. The van der Waals surface area contributed by atoms with E-state index in [1.807, 2.05) is 30.3 Å². The van der Waals surface area contributed by atoms with E-state index in [2.05, 4.69) is 126 Å². The maximum absolute atomic E-state index is 2.42. The van der Waals surface area contributed by atoms with Crippen LogP contribution >= 0.6 is 0 Å². The second-order valence-corrected chi connectivity index (χ2v) is 8.64. The molecule has 2 heteroatoms. The van der Waals surface area contributed by atoms with Crippen LogP contribution in [0.4, 0.5) is 0 Å². The smallest absolute Gasteiger partial charge is 0.0528 e. The number of aromatic nitrogens is 1. The maximum Gasteiger partial charge on any atom is 0.0528 e. The van der Waals surface area contributed by atoms with Gasteiger partial charge >= 0.3 is 0 Å². The first-order valence-electron chi connectivity index (χ1n) is 12.0. The number of fused-ring (bicyclic) bond motifs is 2. The Morgan fingerprint density at radius 3 is 1.86 bits per heavy atom. The van der Waals surface area contributed by atoms with Crippen molar-refractivity contribution in [3.05, 3.63) is 152 Å². The predicted molar refractivity (Wildman–Crippen MR) is 149 cm³/mol. The Kier molecular flexibility index (Phi) is 7.00. The van der Waals surface area contributed by atoms with E-state index >= 15 is 0 Å². The Morgan fingerprint density at radius 1 is 0.528 bits per heavy atom. The molecule has 0 aliphatic carbocycles. The average Bonchev–Trinajstić information content (AvgIpc) is 3.71. The van der Waals surface area contributed by atoms with Gasteiger partial charge in [-0.05, 0) is 45.8 Å². The van der Waals surface area contributed by atoms with Gasteiger partial charge in [0, 0.05) is 28.0 Å². The van der Waals surface area contributed by atoms with Gasteiger partial charge < -0.3 is 34.9 Å². The molecule has 0 saturated heterocycles. The van der Waals surface area contributed by atoms with Crippen molar-refractivity contribution in [2.75, 3.05) is 0 Å². The Hall–Kier alpha value is -4.10. The number of para-hydroxylation sites is 1. The van der Waals surface area contributed by atoms with Crippen LogP contribution in [0.25, 0.3) is 49.7 Å². The number of rotatable bonds is 3. The molecule has 36 heavy (non-hydrogen) atoms. The van der Waals surface area contributed by atoms with Crippen LogP contribution in [0.2, 0.25) is 0 Å². The quantitative estimate of drug-likeness (QED) is 0.167. The van der Waals surface area contributed by atoms with E-state index in [4.69, 9.17) is 0 Å². The van der Waals surface area contributed by atoms with E-state index in [9.17, 15) is 0 Å². The molecule has 0 bridgehead atoms. The standard InChI is InChI=1S/C29H20N.C5H5.Fe/c1-2-10-21(11-3-1)25-18-23-14-6-8-16-26(23)29(20-25)30-27-17-9-7-15-24(27)19-28(30)22-12-4-5-13-22;1-2-4-5-3-1;/h1-20H;1-5H;/q-1;-5;. The molecule has 0 fully saturated rings. The predicted octanol–water partition coefficient (Wildman–Crippen LogP) is 9.24. The summed E-state index contributed by atoms with van der Waals surface area (Å²) >= 11 is 0. The summed E-state index contributed by atoms with van der Waals surface area (Å²) < 4.78 is 2.42. The van der Waals surface area contributed by atoms with Crippen molar-refractivity contribution < 1.29 is 17.1 Å². The molecule has 0 N–H and O–H groups in total. The molecular formula is C34H25FeN-6. The summed E-state index contributed by atoms with van der Waals surface area (Å²) in [6, 6.07) is 53.5. The van der Waals surface area contributed by atoms with Crippen LogP contribution in [0, 0.1) is 0 Å². The summed E-state index contributed by atoms with van der Waals surface area (Å²) in [6.45, 7) is 0. The van der Waals surface area contributed by atoms with Crippen molar-refractivity contribution in [3.8, 4) is 28.1 Å². The van der Waals surface area contributed by atoms with Gasteiger partial charge in [-0.3, -0.25) is 0 Å². The fourth-order valence-corrected chi connectivity index (χ4v) is 4.76. The first kappa shape index (κ1) is 23.6. The normalized spacial score (nSPS) is 10.6. The molecule has 1 nitrogen and oxygen atoms in total. The molecule has 0 aliphatic heterocycles. The van der Waals surface area contributed by atoms with Gasteiger partial charge in [0.25, 0.3) is 0 Å². The molecule has 0 unspecified atom stereocenters. The SMILES string of the molecule is [Fe].[cH-]1[cH-][cH-][cH-][cH-]1.c1ccc(-c2cc(-n3c(-[c-]4cccc4)cc4ccccc43)c3ccccc3c2)cc1. The molecular weight excluding hydrogens is 478 g/mol. The number of hydrogen-bond acceptors (Lipinski definition) is 0. The van der Waals surface area contributed by atoms with Crippen molar-refractivity contribution in [2.45, 2.75) is 0 Å². The minimum absolute atomic E-state index is 0. The van der Waals surface area contributed by atoms with Crippen LogP contribution in [0.15, 0.2) is 152 Å². The summed E-state index contributed by atoms with van der Waals surface area (Å²) in [5.74, 6) is 0. The van der Waals surface area contributed by atoms with E-state index in [1.165, 1.54) is 49.7 Å². The zero-order chi connectivity index (χ0) is 23.5. The molecule has 1 heterocycles. The van der Waals surface area contributed by atoms with Gasteiger partial charge in [0.2, 0.25) is 0 Å². The second kappa shape index (κ2) is 10.7. The second-order valence-electron chi connectivity index (χ2n) is 8.64. The third kappa shape index (κ3) is 4.57. The van der Waals surface area contributed by atoms with Crippen LogP contribution in [0.5, 0.6) is 0 Å². The van der Waals surface area contributed by atoms with Gasteiger partial charge in [0.05, 0.1) is 5.69 Å². The van der Waals surface area contributed by atoms with Crippen LogP contribution in [-0.4, -0.2) is 4.57 Å². The third-order valence-corrected chi connectivity index (χ3v) is 6.41. The molecule has 0 amide bonds. The Bertz CT molecular complexity index is 1650. The molecule has 6 aromatic carbocycles. The Balaban J connectivity index is 0.000000400. The molecule has 1 aromatic heterocycles. The van der Waals surface area contributed by atoms with E-state index in [-0.39, 0.29) is 17.1 Å². The van der Waals surface area contributed by atoms with Crippen LogP contribution in [0.3, 0.4) is 0 Å². The summed E-state index contributed by atoms with van der Waals surface area (Å²) in [4.78, 5) is 0. The van der Waals surface area contributed by atoms with Crippen molar-refractivity contribution in [3.63, 3.8) is 0 Å². The zero-order valence-corrected chi connectivity index (χ0v) is 20.8. The van der Waals surface area contributed by atoms with Crippen molar-refractivity contribution in [2.24, 2.45) is 0 Å². The van der Waals surface area contributed by atoms with Gasteiger partial charge in [-0.25, -0.2) is 0 Å². The summed E-state index contributed by atoms with van der Waals surface area (Å²) in [6.07, 6.45) is 0. The zero-order valence-electron chi connectivity index (χ0n) is 19.7. The van der Waals surface area contributed by atoms with E-state index in [0.29, 0.717) is 0 Å². The minimum atomic E-state index is 0. The first-order valence-corrected chi connectivity index (χ1v) is 12.0. The van der Waals surface area contributed by atoms with Crippen LogP contribution in [0.1, 0.15) is 0 Å². The van der Waals surface area contributed by atoms with Crippen LogP contribution < -0.4 is 0 Å². The number of benzene rings is 4. The maximum atomic E-state index is 2.42. The number of hydrogen-bond donors (Lipinski definition) is 0. The molecule has 0 aliphatic rings. The van der Waals surface area contributed by atoms with E-state index < -0.39 is 0 Å². The molecule has 7 rings (SSSR count). The van der Waals surface area contributed by atoms with Gasteiger partial charge in [0.15, 0.2) is 0 Å². The Morgan fingerprint density at radius 2 is 1.14 bits per heavy atom. The van der Waals surface area contributed by atoms with Crippen molar-refractivity contribution in [1.29, 1.82) is 0 Å². The molecule has 0 spiro atoms. The third-order valence-electron chi connectivity index (χ3n) is 6.41. The Labute approximate surface area is 222 Å². The van der Waals surface area contributed by atoms with E-state index in [0.717, 1.165) is 0 Å². The van der Waals surface area contributed by atoms with E-state index in [1.54, 1.807) is 0 Å². The fraction of sp³-hybridized carbons (Fsp3) is 0.